The molecule has 0 fully saturated rings. The van der Waals surface area contributed by atoms with Gasteiger partial charge in [-0.3, -0.25) is 10.1 Å². The molecule has 0 atom stereocenters. The number of hydrogen-bond donors (Lipinski definition) is 0. The molecule has 25 heavy (non-hydrogen) atoms. The minimum absolute atomic E-state index is 0.156. The van der Waals surface area contributed by atoms with Crippen LogP contribution >= 0.6 is 0 Å². The van der Waals surface area contributed by atoms with Crippen LogP contribution in [-0.2, 0) is 10.1 Å². The molecule has 0 radical (unpaired) electrons. The molecule has 10 heteroatoms. The third kappa shape index (κ3) is 3.33. The number of nitro groups is 1. The molecule has 8 nitrogen and oxygen atoms in total. The third-order valence-corrected chi connectivity index (χ3v) is 4.43. The molecule has 1 heterocycles. The van der Waals surface area contributed by atoms with Crippen LogP contribution in [0.15, 0.2) is 62.6 Å². The molecular formula is C15H8FNO7S. The van der Waals surface area contributed by atoms with Crippen LogP contribution in [0.5, 0.6) is 5.75 Å². The summed E-state index contributed by atoms with van der Waals surface area (Å²) in [6.07, 6.45) is 0. The molecule has 0 saturated heterocycles. The lowest BCUT2D eigenvalue weighted by molar-refractivity contribution is -0.385. The number of halogens is 1. The Labute approximate surface area is 139 Å². The van der Waals surface area contributed by atoms with E-state index in [1.54, 1.807) is 0 Å². The number of nitrogens with zero attached hydrogens (tertiary/aromatic N) is 1. The Hall–Kier alpha value is -3.27. The van der Waals surface area contributed by atoms with Gasteiger partial charge in [0.1, 0.15) is 16.3 Å². The quantitative estimate of drug-likeness (QED) is 0.302. The summed E-state index contributed by atoms with van der Waals surface area (Å²) in [4.78, 5) is 20.8. The van der Waals surface area contributed by atoms with Crippen LogP contribution in [0.3, 0.4) is 0 Å². The molecule has 3 rings (SSSR count). The van der Waals surface area contributed by atoms with Gasteiger partial charge in [0.25, 0.3) is 0 Å². The molecular weight excluding hydrogens is 357 g/mol. The van der Waals surface area contributed by atoms with Crippen molar-refractivity contribution in [3.05, 3.63) is 74.9 Å². The van der Waals surface area contributed by atoms with E-state index in [9.17, 15) is 27.7 Å². The van der Waals surface area contributed by atoms with E-state index in [0.717, 1.165) is 24.3 Å². The topological polar surface area (TPSA) is 117 Å². The van der Waals surface area contributed by atoms with Gasteiger partial charge in [-0.15, -0.1) is 0 Å². The van der Waals surface area contributed by atoms with Crippen molar-refractivity contribution < 1.29 is 26.3 Å². The smallest absolute Gasteiger partial charge is 0.339 e. The lowest BCUT2D eigenvalue weighted by Gasteiger charge is -2.08. The number of benzene rings is 2. The maximum atomic E-state index is 13.3. The maximum absolute atomic E-state index is 13.3. The second-order valence-corrected chi connectivity index (χ2v) is 6.41. The fourth-order valence-electron chi connectivity index (χ4n) is 2.08. The van der Waals surface area contributed by atoms with Gasteiger partial charge in [-0.1, -0.05) is 0 Å². The van der Waals surface area contributed by atoms with Crippen molar-refractivity contribution in [1.82, 2.24) is 0 Å². The summed E-state index contributed by atoms with van der Waals surface area (Å²) in [6, 6.07) is 8.19. The van der Waals surface area contributed by atoms with Crippen molar-refractivity contribution in [2.75, 3.05) is 0 Å². The first-order chi connectivity index (χ1) is 11.8. The zero-order chi connectivity index (χ0) is 18.2. The van der Waals surface area contributed by atoms with Crippen molar-refractivity contribution in [1.29, 1.82) is 0 Å². The minimum atomic E-state index is -4.48. The molecule has 0 aliphatic heterocycles. The van der Waals surface area contributed by atoms with E-state index in [4.69, 9.17) is 8.60 Å². The fourth-order valence-corrected chi connectivity index (χ4v) is 3.05. The summed E-state index contributed by atoms with van der Waals surface area (Å²) in [7, 11) is -4.48. The lowest BCUT2D eigenvalue weighted by atomic mass is 10.2. The van der Waals surface area contributed by atoms with E-state index >= 15 is 0 Å². The molecule has 3 aromatic rings. The molecule has 0 N–H and O–H groups in total. The summed E-state index contributed by atoms with van der Waals surface area (Å²) < 4.78 is 47.6. The van der Waals surface area contributed by atoms with Crippen LogP contribution in [0.4, 0.5) is 10.1 Å². The average molecular weight is 365 g/mol. The molecule has 0 amide bonds. The molecule has 0 bridgehead atoms. The Balaban J connectivity index is 2.06. The van der Waals surface area contributed by atoms with Gasteiger partial charge in [0.15, 0.2) is 0 Å². The van der Waals surface area contributed by atoms with E-state index in [2.05, 4.69) is 0 Å². The summed E-state index contributed by atoms with van der Waals surface area (Å²) in [5.41, 5.74) is -1.14. The van der Waals surface area contributed by atoms with Crippen molar-refractivity contribution >= 4 is 26.8 Å². The molecule has 128 valence electrons. The first-order valence-electron chi connectivity index (χ1n) is 6.69. The molecule has 0 aliphatic rings. The fraction of sp³-hybridized carbons (Fsp3) is 0. The third-order valence-electron chi connectivity index (χ3n) is 3.20. The highest BCUT2D eigenvalue weighted by atomic mass is 32.2. The van der Waals surface area contributed by atoms with Crippen LogP contribution < -0.4 is 9.81 Å². The summed E-state index contributed by atoms with van der Waals surface area (Å²) in [6.45, 7) is 0. The minimum Gasteiger partial charge on any atom is -0.423 e. The van der Waals surface area contributed by atoms with Gasteiger partial charge in [0.05, 0.1) is 4.92 Å². The van der Waals surface area contributed by atoms with E-state index in [1.165, 1.54) is 18.2 Å². The summed E-state index contributed by atoms with van der Waals surface area (Å²) in [5, 5.41) is 11.2. The monoisotopic (exact) mass is 365 g/mol. The van der Waals surface area contributed by atoms with Gasteiger partial charge in [-0.25, -0.2) is 9.18 Å². The van der Waals surface area contributed by atoms with Crippen LogP contribution in [0.2, 0.25) is 0 Å². The second-order valence-electron chi connectivity index (χ2n) is 4.86. The highest BCUT2D eigenvalue weighted by Gasteiger charge is 2.24. The predicted octanol–water partition coefficient (Wildman–Crippen LogP) is 2.61. The Bertz CT molecular complexity index is 1150. The van der Waals surface area contributed by atoms with Gasteiger partial charge in [-0.2, -0.15) is 8.42 Å². The molecule has 0 aliphatic carbocycles. The largest absolute Gasteiger partial charge is 0.423 e. The number of nitro benzene ring substituents is 1. The Morgan fingerprint density at radius 3 is 2.56 bits per heavy atom. The SMILES string of the molecule is O=c1ccc2cc(S(=O)(=O)Oc3cc(F)ccc3[N+](=O)[O-])ccc2o1. The van der Waals surface area contributed by atoms with Crippen molar-refractivity contribution in [2.24, 2.45) is 0 Å². The van der Waals surface area contributed by atoms with Gasteiger partial charge in [0, 0.05) is 23.6 Å². The van der Waals surface area contributed by atoms with Crippen molar-refractivity contribution in [3.8, 4) is 5.75 Å². The van der Waals surface area contributed by atoms with Crippen molar-refractivity contribution in [3.63, 3.8) is 0 Å². The van der Waals surface area contributed by atoms with Gasteiger partial charge < -0.3 is 8.60 Å². The maximum Gasteiger partial charge on any atom is 0.339 e. The van der Waals surface area contributed by atoms with Gasteiger partial charge >= 0.3 is 21.4 Å². The highest BCUT2D eigenvalue weighted by Crippen LogP contribution is 2.30. The zero-order valence-electron chi connectivity index (χ0n) is 12.2. The average Bonchev–Trinajstić information content (AvgIpc) is 2.53. The number of fused-ring (bicyclic) bond motifs is 1. The number of hydrogen-bond acceptors (Lipinski definition) is 7. The van der Waals surface area contributed by atoms with Crippen LogP contribution in [0.1, 0.15) is 0 Å². The van der Waals surface area contributed by atoms with Crippen LogP contribution in [-0.4, -0.2) is 13.3 Å². The van der Waals surface area contributed by atoms with Crippen molar-refractivity contribution in [2.45, 2.75) is 4.90 Å². The van der Waals surface area contributed by atoms with E-state index in [1.807, 2.05) is 0 Å². The summed E-state index contributed by atoms with van der Waals surface area (Å²) in [5.74, 6) is -1.64. The van der Waals surface area contributed by atoms with Crippen LogP contribution in [0.25, 0.3) is 11.0 Å². The van der Waals surface area contributed by atoms with E-state index in [-0.39, 0.29) is 10.5 Å². The molecule has 0 unspecified atom stereocenters. The molecule has 1 aromatic heterocycles. The Morgan fingerprint density at radius 1 is 1.08 bits per heavy atom. The van der Waals surface area contributed by atoms with Crippen LogP contribution in [0, 0.1) is 15.9 Å². The molecule has 0 spiro atoms. The molecule has 2 aromatic carbocycles. The van der Waals surface area contributed by atoms with E-state index in [0.29, 0.717) is 11.5 Å². The molecule has 0 saturated carbocycles. The zero-order valence-corrected chi connectivity index (χ0v) is 13.0. The Morgan fingerprint density at radius 2 is 1.84 bits per heavy atom. The standard InChI is InChI=1S/C15H8FNO7S/c16-10-2-4-12(17(19)20)14(8-10)24-25(21,22)11-3-5-13-9(7-11)1-6-15(18)23-13/h1-8H. The Kier molecular flexibility index (Phi) is 3.97. The predicted molar refractivity (Wildman–Crippen MR) is 83.4 cm³/mol. The normalized spacial score (nSPS) is 11.4. The highest BCUT2D eigenvalue weighted by molar-refractivity contribution is 7.87. The first-order valence-corrected chi connectivity index (χ1v) is 8.09. The second kappa shape index (κ2) is 5.98. The lowest BCUT2D eigenvalue weighted by Crippen LogP contribution is -2.11. The van der Waals surface area contributed by atoms with Gasteiger partial charge in [-0.05, 0) is 30.3 Å². The number of rotatable bonds is 4. The van der Waals surface area contributed by atoms with E-state index < -0.39 is 37.9 Å². The van der Waals surface area contributed by atoms with Gasteiger partial charge in [0.2, 0.25) is 5.75 Å². The first kappa shape index (κ1) is 16.6. The summed E-state index contributed by atoms with van der Waals surface area (Å²) >= 11 is 0.